The number of methoxy groups -OCH3 is 1. The predicted molar refractivity (Wildman–Crippen MR) is 78.3 cm³/mol. The topological polar surface area (TPSA) is 102 Å². The molecule has 2 atom stereocenters. The number of nitro benzene ring substituents is 1. The smallest absolute Gasteiger partial charge is 0.312 e. The molecule has 0 bridgehead atoms. The van der Waals surface area contributed by atoms with Crippen molar-refractivity contribution in [1.82, 2.24) is 9.62 Å². The van der Waals surface area contributed by atoms with Gasteiger partial charge in [0.25, 0.3) is 0 Å². The van der Waals surface area contributed by atoms with Crippen molar-refractivity contribution in [1.29, 1.82) is 0 Å². The number of ether oxygens (including phenoxy) is 1. The van der Waals surface area contributed by atoms with Crippen molar-refractivity contribution in [2.45, 2.75) is 4.90 Å². The fourth-order valence-corrected chi connectivity index (χ4v) is 4.70. The Kier molecular flexibility index (Phi) is 3.79. The number of nitrogens with one attached hydrogen (secondary N) is 1. The second kappa shape index (κ2) is 5.49. The lowest BCUT2D eigenvalue weighted by Crippen LogP contribution is -2.32. The van der Waals surface area contributed by atoms with Crippen molar-refractivity contribution in [2.75, 3.05) is 33.3 Å². The number of hydrogen-bond acceptors (Lipinski definition) is 6. The highest BCUT2D eigenvalue weighted by Gasteiger charge is 2.41. The Morgan fingerprint density at radius 3 is 2.50 bits per heavy atom. The monoisotopic (exact) mass is 327 g/mol. The largest absolute Gasteiger partial charge is 0.490 e. The minimum Gasteiger partial charge on any atom is -0.490 e. The fourth-order valence-electron chi connectivity index (χ4n) is 3.13. The third kappa shape index (κ3) is 2.44. The van der Waals surface area contributed by atoms with Crippen LogP contribution < -0.4 is 10.1 Å². The van der Waals surface area contributed by atoms with Gasteiger partial charge in [0.15, 0.2) is 5.75 Å². The first-order chi connectivity index (χ1) is 10.4. The molecule has 0 saturated carbocycles. The van der Waals surface area contributed by atoms with E-state index in [0.29, 0.717) is 24.9 Å². The molecule has 9 heteroatoms. The van der Waals surface area contributed by atoms with Gasteiger partial charge in [-0.05, 0) is 37.1 Å². The minimum absolute atomic E-state index is 0.0476. The molecule has 2 aliphatic heterocycles. The van der Waals surface area contributed by atoms with Crippen LogP contribution in [0, 0.1) is 22.0 Å². The molecule has 1 N–H and O–H groups in total. The van der Waals surface area contributed by atoms with Crippen LogP contribution in [0.1, 0.15) is 0 Å². The zero-order valence-electron chi connectivity index (χ0n) is 12.1. The normalized spacial score (nSPS) is 25.1. The Morgan fingerprint density at radius 1 is 1.32 bits per heavy atom. The second-order valence-corrected chi connectivity index (χ2v) is 7.53. The summed E-state index contributed by atoms with van der Waals surface area (Å²) in [7, 11) is -2.41. The summed E-state index contributed by atoms with van der Waals surface area (Å²) in [5, 5.41) is 14.3. The molecule has 1 aromatic carbocycles. The molecule has 8 nitrogen and oxygen atoms in total. The summed E-state index contributed by atoms with van der Waals surface area (Å²) in [4.78, 5) is 10.3. The molecule has 22 heavy (non-hydrogen) atoms. The van der Waals surface area contributed by atoms with Gasteiger partial charge in [-0.2, -0.15) is 4.31 Å². The van der Waals surface area contributed by atoms with Gasteiger partial charge in [0.1, 0.15) is 0 Å². The number of hydrogen-bond donors (Lipinski definition) is 1. The molecule has 0 aromatic heterocycles. The summed E-state index contributed by atoms with van der Waals surface area (Å²) >= 11 is 0. The lowest BCUT2D eigenvalue weighted by atomic mass is 10.0. The molecule has 120 valence electrons. The molecular formula is C13H17N3O5S. The first-order valence-electron chi connectivity index (χ1n) is 6.97. The molecule has 0 unspecified atom stereocenters. The summed E-state index contributed by atoms with van der Waals surface area (Å²) in [5.74, 6) is 0.692. The molecule has 2 aliphatic rings. The van der Waals surface area contributed by atoms with Crippen LogP contribution in [0.15, 0.2) is 23.1 Å². The molecule has 2 heterocycles. The van der Waals surface area contributed by atoms with Crippen molar-refractivity contribution in [3.8, 4) is 5.75 Å². The van der Waals surface area contributed by atoms with Gasteiger partial charge in [-0.25, -0.2) is 8.42 Å². The van der Waals surface area contributed by atoms with E-state index in [1.165, 1.54) is 23.5 Å². The second-order valence-electron chi connectivity index (χ2n) is 5.59. The Hall–Kier alpha value is -1.71. The van der Waals surface area contributed by atoms with Gasteiger partial charge in [0.05, 0.1) is 16.9 Å². The van der Waals surface area contributed by atoms with Crippen molar-refractivity contribution >= 4 is 15.7 Å². The number of sulfonamides is 1. The van der Waals surface area contributed by atoms with E-state index in [0.717, 1.165) is 19.2 Å². The molecule has 0 radical (unpaired) electrons. The van der Waals surface area contributed by atoms with Crippen LogP contribution in [-0.4, -0.2) is 50.9 Å². The summed E-state index contributed by atoms with van der Waals surface area (Å²) < 4.78 is 31.7. The molecule has 0 amide bonds. The maximum Gasteiger partial charge on any atom is 0.312 e. The highest BCUT2D eigenvalue weighted by molar-refractivity contribution is 7.89. The van der Waals surface area contributed by atoms with E-state index in [1.54, 1.807) is 0 Å². The van der Waals surface area contributed by atoms with Gasteiger partial charge in [-0.15, -0.1) is 0 Å². The molecule has 1 aromatic rings. The number of benzene rings is 1. The van der Waals surface area contributed by atoms with Crippen LogP contribution in [0.3, 0.4) is 0 Å². The first kappa shape index (κ1) is 15.2. The summed E-state index contributed by atoms with van der Waals surface area (Å²) in [6.45, 7) is 2.55. The average Bonchev–Trinajstić information content (AvgIpc) is 3.07. The minimum atomic E-state index is -3.72. The lowest BCUT2D eigenvalue weighted by Gasteiger charge is -2.17. The number of nitro groups is 1. The molecule has 0 spiro atoms. The van der Waals surface area contributed by atoms with Crippen molar-refractivity contribution in [2.24, 2.45) is 11.8 Å². The van der Waals surface area contributed by atoms with Crippen LogP contribution in [-0.2, 0) is 10.0 Å². The van der Waals surface area contributed by atoms with Gasteiger partial charge in [-0.1, -0.05) is 0 Å². The van der Waals surface area contributed by atoms with Crippen molar-refractivity contribution in [3.63, 3.8) is 0 Å². The molecule has 3 rings (SSSR count). The average molecular weight is 327 g/mol. The first-order valence-corrected chi connectivity index (χ1v) is 8.41. The Bertz CT molecular complexity index is 694. The van der Waals surface area contributed by atoms with Crippen molar-refractivity contribution < 1.29 is 18.1 Å². The maximum absolute atomic E-state index is 12.7. The quantitative estimate of drug-likeness (QED) is 0.636. The Balaban J connectivity index is 1.92. The maximum atomic E-state index is 12.7. The SMILES string of the molecule is COc1ccc(S(=O)(=O)N2C[C@H]3CNC[C@H]3C2)cc1[N+](=O)[O-]. The highest BCUT2D eigenvalue weighted by Crippen LogP contribution is 2.34. The van der Waals surface area contributed by atoms with E-state index >= 15 is 0 Å². The van der Waals surface area contributed by atoms with Gasteiger partial charge in [0.2, 0.25) is 10.0 Å². The van der Waals surface area contributed by atoms with Gasteiger partial charge >= 0.3 is 5.69 Å². The van der Waals surface area contributed by atoms with Gasteiger partial charge in [0, 0.05) is 19.2 Å². The lowest BCUT2D eigenvalue weighted by molar-refractivity contribution is -0.386. The van der Waals surface area contributed by atoms with Crippen molar-refractivity contribution in [3.05, 3.63) is 28.3 Å². The van der Waals surface area contributed by atoms with Crippen LogP contribution in [0.5, 0.6) is 5.75 Å². The fraction of sp³-hybridized carbons (Fsp3) is 0.538. The van der Waals surface area contributed by atoms with Crippen LogP contribution in [0.4, 0.5) is 5.69 Å². The summed E-state index contributed by atoms with van der Waals surface area (Å²) in [6, 6.07) is 3.75. The van der Waals surface area contributed by atoms with E-state index in [4.69, 9.17) is 4.74 Å². The molecule has 2 saturated heterocycles. The van der Waals surface area contributed by atoms with Gasteiger partial charge in [-0.3, -0.25) is 10.1 Å². The van der Waals surface area contributed by atoms with E-state index < -0.39 is 14.9 Å². The van der Waals surface area contributed by atoms with Crippen LogP contribution in [0.2, 0.25) is 0 Å². The van der Waals surface area contributed by atoms with E-state index in [1.807, 2.05) is 0 Å². The third-order valence-electron chi connectivity index (χ3n) is 4.34. The van der Waals surface area contributed by atoms with Gasteiger partial charge < -0.3 is 10.1 Å². The number of fused-ring (bicyclic) bond motifs is 1. The van der Waals surface area contributed by atoms with E-state index in [2.05, 4.69) is 5.32 Å². The zero-order chi connectivity index (χ0) is 15.9. The Morgan fingerprint density at radius 2 is 1.95 bits per heavy atom. The highest BCUT2D eigenvalue weighted by atomic mass is 32.2. The number of rotatable bonds is 4. The predicted octanol–water partition coefficient (Wildman–Crippen LogP) is 0.443. The molecule has 2 fully saturated rings. The summed E-state index contributed by atoms with van der Waals surface area (Å²) in [5.41, 5.74) is -0.343. The van der Waals surface area contributed by atoms with E-state index in [9.17, 15) is 18.5 Å². The van der Waals surface area contributed by atoms with E-state index in [-0.39, 0.29) is 16.3 Å². The standard InChI is InChI=1S/C13H17N3O5S/c1-21-13-3-2-11(4-12(13)16(17)18)22(19,20)15-7-9-5-14-6-10(9)8-15/h2-4,9-10,14H,5-8H2,1H3/t9-,10+. The molecule has 0 aliphatic carbocycles. The van der Waals surface area contributed by atoms with Crippen LogP contribution in [0.25, 0.3) is 0 Å². The molecular weight excluding hydrogens is 310 g/mol. The zero-order valence-corrected chi connectivity index (χ0v) is 12.9. The third-order valence-corrected chi connectivity index (χ3v) is 6.17. The Labute approximate surface area is 128 Å². The van der Waals surface area contributed by atoms with Crippen LogP contribution >= 0.6 is 0 Å². The number of nitrogens with zero attached hydrogens (tertiary/aromatic N) is 2. The summed E-state index contributed by atoms with van der Waals surface area (Å²) in [6.07, 6.45) is 0.